The van der Waals surface area contributed by atoms with E-state index in [2.05, 4.69) is 10.6 Å². The van der Waals surface area contributed by atoms with E-state index in [1.807, 2.05) is 37.4 Å². The van der Waals surface area contributed by atoms with E-state index in [-0.39, 0.29) is 18.3 Å². The Labute approximate surface area is 135 Å². The van der Waals surface area contributed by atoms with Gasteiger partial charge in [-0.25, -0.2) is 9.18 Å². The molecule has 122 valence electrons. The van der Waals surface area contributed by atoms with Crippen molar-refractivity contribution in [1.29, 1.82) is 0 Å². The quantitative estimate of drug-likeness (QED) is 0.857. The fourth-order valence-corrected chi connectivity index (χ4v) is 2.19. The van der Waals surface area contributed by atoms with Gasteiger partial charge in [-0.3, -0.25) is 5.32 Å². The third kappa shape index (κ3) is 5.38. The summed E-state index contributed by atoms with van der Waals surface area (Å²) in [6.45, 7) is 1.98. The van der Waals surface area contributed by atoms with Crippen molar-refractivity contribution >= 4 is 11.8 Å². The summed E-state index contributed by atoms with van der Waals surface area (Å²) in [7, 11) is 1.81. The smallest absolute Gasteiger partial charge is 0.411 e. The molecule has 1 amide bonds. The molecule has 0 fully saturated rings. The largest absolute Gasteiger partial charge is 0.448 e. The van der Waals surface area contributed by atoms with Crippen molar-refractivity contribution < 1.29 is 13.9 Å². The molecule has 0 unspecified atom stereocenters. The zero-order valence-electron chi connectivity index (χ0n) is 13.3. The molecule has 0 spiro atoms. The normalized spacial score (nSPS) is 11.8. The number of ether oxygens (including phenoxy) is 1. The average Bonchev–Trinajstić information content (AvgIpc) is 2.55. The number of rotatable bonds is 6. The van der Waals surface area contributed by atoms with Gasteiger partial charge in [0.1, 0.15) is 12.4 Å². The van der Waals surface area contributed by atoms with Crippen molar-refractivity contribution in [1.82, 2.24) is 5.32 Å². The number of nitrogens with one attached hydrogen (secondary N) is 2. The van der Waals surface area contributed by atoms with Gasteiger partial charge in [-0.2, -0.15) is 0 Å². The Morgan fingerprint density at radius 1 is 1.22 bits per heavy atom. The molecule has 23 heavy (non-hydrogen) atoms. The third-order valence-electron chi connectivity index (χ3n) is 3.51. The van der Waals surface area contributed by atoms with Gasteiger partial charge in [0.2, 0.25) is 0 Å². The van der Waals surface area contributed by atoms with E-state index in [4.69, 9.17) is 4.74 Å². The first kappa shape index (κ1) is 17.0. The van der Waals surface area contributed by atoms with Crippen LogP contribution in [0.4, 0.5) is 14.9 Å². The second kappa shape index (κ2) is 8.29. The number of benzene rings is 2. The van der Waals surface area contributed by atoms with Crippen molar-refractivity contribution in [3.63, 3.8) is 0 Å². The van der Waals surface area contributed by atoms with Gasteiger partial charge in [0.05, 0.1) is 5.69 Å². The van der Waals surface area contributed by atoms with Crippen molar-refractivity contribution in [2.75, 3.05) is 19.0 Å². The van der Waals surface area contributed by atoms with Gasteiger partial charge in [-0.05, 0) is 43.7 Å². The average molecular weight is 316 g/mol. The number of hydrogen-bond donors (Lipinski definition) is 2. The molecule has 0 bridgehead atoms. The SMILES string of the molecule is CN[C@@H](COC(=O)Nc1ccc(C)cc1F)Cc1ccccc1. The molecule has 2 aromatic rings. The molecule has 1 atom stereocenters. The van der Waals surface area contributed by atoms with Crippen LogP contribution in [0.3, 0.4) is 0 Å². The molecular weight excluding hydrogens is 295 g/mol. The highest BCUT2D eigenvalue weighted by Gasteiger charge is 2.12. The summed E-state index contributed by atoms with van der Waals surface area (Å²) >= 11 is 0. The zero-order chi connectivity index (χ0) is 16.7. The van der Waals surface area contributed by atoms with Crippen LogP contribution >= 0.6 is 0 Å². The van der Waals surface area contributed by atoms with E-state index in [1.54, 1.807) is 13.0 Å². The van der Waals surface area contributed by atoms with Crippen LogP contribution in [0, 0.1) is 12.7 Å². The summed E-state index contributed by atoms with van der Waals surface area (Å²) in [5, 5.41) is 5.53. The van der Waals surface area contributed by atoms with E-state index in [0.717, 1.165) is 17.5 Å². The molecule has 4 nitrogen and oxygen atoms in total. The monoisotopic (exact) mass is 316 g/mol. The number of carbonyl (C=O) groups excluding carboxylic acids is 1. The number of likely N-dealkylation sites (N-methyl/N-ethyl adjacent to an activating group) is 1. The minimum absolute atomic E-state index is 0.00832. The summed E-state index contributed by atoms with van der Waals surface area (Å²) in [5.41, 5.74) is 2.06. The van der Waals surface area contributed by atoms with Crippen LogP contribution in [0.2, 0.25) is 0 Å². The Kier molecular flexibility index (Phi) is 6.11. The fraction of sp³-hybridized carbons (Fsp3) is 0.278. The van der Waals surface area contributed by atoms with Crippen LogP contribution in [-0.4, -0.2) is 25.8 Å². The molecule has 0 aliphatic carbocycles. The minimum atomic E-state index is -0.666. The van der Waals surface area contributed by atoms with Crippen LogP contribution in [0.5, 0.6) is 0 Å². The maximum absolute atomic E-state index is 13.7. The number of carbonyl (C=O) groups is 1. The third-order valence-corrected chi connectivity index (χ3v) is 3.51. The summed E-state index contributed by atoms with van der Waals surface area (Å²) in [6.07, 6.45) is 0.0739. The molecule has 0 aromatic heterocycles. The van der Waals surface area contributed by atoms with Gasteiger partial charge < -0.3 is 10.1 Å². The number of aryl methyl sites for hydroxylation is 1. The van der Waals surface area contributed by atoms with Crippen LogP contribution < -0.4 is 10.6 Å². The van der Waals surface area contributed by atoms with E-state index >= 15 is 0 Å². The molecule has 2 rings (SSSR count). The lowest BCUT2D eigenvalue weighted by atomic mass is 10.1. The molecular formula is C18H21FN2O2. The van der Waals surface area contributed by atoms with Gasteiger partial charge in [-0.15, -0.1) is 0 Å². The number of halogens is 1. The molecule has 2 N–H and O–H groups in total. The molecule has 0 saturated carbocycles. The predicted molar refractivity (Wildman–Crippen MR) is 89.1 cm³/mol. The van der Waals surface area contributed by atoms with Crippen molar-refractivity contribution in [2.24, 2.45) is 0 Å². The molecule has 5 heteroatoms. The Balaban J connectivity index is 1.84. The Hall–Kier alpha value is -2.40. The maximum Gasteiger partial charge on any atom is 0.411 e. The lowest BCUT2D eigenvalue weighted by molar-refractivity contribution is 0.149. The second-order valence-corrected chi connectivity index (χ2v) is 5.38. The van der Waals surface area contributed by atoms with Crippen LogP contribution in [0.15, 0.2) is 48.5 Å². The highest BCUT2D eigenvalue weighted by atomic mass is 19.1. The summed E-state index contributed by atoms with van der Waals surface area (Å²) < 4.78 is 18.9. The summed E-state index contributed by atoms with van der Waals surface area (Å²) in [5.74, 6) is -0.476. The van der Waals surface area contributed by atoms with Crippen molar-refractivity contribution in [3.05, 3.63) is 65.5 Å². The van der Waals surface area contributed by atoms with E-state index in [9.17, 15) is 9.18 Å². The van der Waals surface area contributed by atoms with Crippen molar-refractivity contribution in [2.45, 2.75) is 19.4 Å². The molecule has 0 radical (unpaired) electrons. The topological polar surface area (TPSA) is 50.4 Å². The highest BCUT2D eigenvalue weighted by Crippen LogP contribution is 2.15. The van der Waals surface area contributed by atoms with E-state index in [0.29, 0.717) is 0 Å². The number of anilines is 1. The summed E-state index contributed by atoms with van der Waals surface area (Å²) in [4.78, 5) is 11.8. The van der Waals surface area contributed by atoms with Gasteiger partial charge in [0.15, 0.2) is 0 Å². The van der Waals surface area contributed by atoms with Gasteiger partial charge in [0, 0.05) is 6.04 Å². The van der Waals surface area contributed by atoms with Crippen LogP contribution in [-0.2, 0) is 11.2 Å². The molecule has 2 aromatic carbocycles. The standard InChI is InChI=1S/C18H21FN2O2/c1-13-8-9-17(16(19)10-13)21-18(22)23-12-15(20-2)11-14-6-4-3-5-7-14/h3-10,15,20H,11-12H2,1-2H3,(H,21,22)/t15-/m1/s1. The Bertz CT molecular complexity index is 647. The Morgan fingerprint density at radius 3 is 2.61 bits per heavy atom. The molecule has 0 heterocycles. The number of amides is 1. The second-order valence-electron chi connectivity index (χ2n) is 5.38. The predicted octanol–water partition coefficient (Wildman–Crippen LogP) is 3.51. The molecule has 0 aliphatic rings. The van der Waals surface area contributed by atoms with Crippen molar-refractivity contribution in [3.8, 4) is 0 Å². The Morgan fingerprint density at radius 2 is 1.96 bits per heavy atom. The van der Waals surface area contributed by atoms with Crippen LogP contribution in [0.1, 0.15) is 11.1 Å². The molecule has 0 saturated heterocycles. The van der Waals surface area contributed by atoms with Gasteiger partial charge >= 0.3 is 6.09 Å². The highest BCUT2D eigenvalue weighted by molar-refractivity contribution is 5.84. The summed E-state index contributed by atoms with van der Waals surface area (Å²) in [6, 6.07) is 14.5. The lowest BCUT2D eigenvalue weighted by Crippen LogP contribution is -2.34. The first-order chi connectivity index (χ1) is 11.1. The van der Waals surface area contributed by atoms with Gasteiger partial charge in [-0.1, -0.05) is 36.4 Å². The minimum Gasteiger partial charge on any atom is -0.448 e. The first-order valence-corrected chi connectivity index (χ1v) is 7.49. The van der Waals surface area contributed by atoms with Crippen LogP contribution in [0.25, 0.3) is 0 Å². The first-order valence-electron chi connectivity index (χ1n) is 7.49. The number of hydrogen-bond acceptors (Lipinski definition) is 3. The van der Waals surface area contributed by atoms with Gasteiger partial charge in [0.25, 0.3) is 0 Å². The maximum atomic E-state index is 13.7. The molecule has 0 aliphatic heterocycles. The lowest BCUT2D eigenvalue weighted by Gasteiger charge is -2.16. The fourth-order valence-electron chi connectivity index (χ4n) is 2.19. The van der Waals surface area contributed by atoms with E-state index in [1.165, 1.54) is 12.1 Å². The zero-order valence-corrected chi connectivity index (χ0v) is 13.3. The van der Waals surface area contributed by atoms with E-state index < -0.39 is 11.9 Å².